The van der Waals surface area contributed by atoms with Gasteiger partial charge in [-0.1, -0.05) is 30.7 Å². The molecule has 2 amide bonds. The van der Waals surface area contributed by atoms with Crippen LogP contribution in [-0.2, 0) is 36.1 Å². The molecule has 8 aliphatic rings. The second kappa shape index (κ2) is 19.5. The number of likely N-dealkylation sites (tertiary alicyclic amines) is 2. The van der Waals surface area contributed by atoms with Gasteiger partial charge in [0.2, 0.25) is 5.91 Å². The van der Waals surface area contributed by atoms with Crippen LogP contribution in [0.3, 0.4) is 0 Å². The SMILES string of the molecule is Cc1sc(CN2CCCC2c2nnc3n2CCCCC3)nc1C12CC(CN3CCC(CN4CCN(CC(=O)N5CCN(C(=O)c6cc(Cc7n[nH]c(=O)c8ccccc78)ccc6F)CC5)CC4)CC3)(C1)C2. The van der Waals surface area contributed by atoms with Gasteiger partial charge >= 0.3 is 0 Å². The van der Waals surface area contributed by atoms with Crippen LogP contribution in [0.15, 0.2) is 47.3 Å². The molecule has 4 saturated heterocycles. The number of hydrogen-bond donors (Lipinski definition) is 1. The molecular weight excluding hydrogens is 916 g/mol. The van der Waals surface area contributed by atoms with E-state index in [-0.39, 0.29) is 22.9 Å². The molecule has 3 aromatic heterocycles. The molecule has 15 nitrogen and oxygen atoms in total. The third-order valence-corrected chi connectivity index (χ3v) is 18.5. The van der Waals surface area contributed by atoms with Crippen LogP contribution in [0.5, 0.6) is 0 Å². The van der Waals surface area contributed by atoms with Crippen molar-refractivity contribution in [3.8, 4) is 0 Å². The number of piperazine rings is 2. The lowest BCUT2D eigenvalue weighted by molar-refractivity contribution is -0.160. The summed E-state index contributed by atoms with van der Waals surface area (Å²) in [5.41, 5.74) is 3.33. The van der Waals surface area contributed by atoms with Crippen LogP contribution in [0.25, 0.3) is 10.8 Å². The Balaban J connectivity index is 0.550. The Kier molecular flexibility index (Phi) is 12.9. The Labute approximate surface area is 419 Å². The Hall–Kier alpha value is -4.94. The number of benzene rings is 2. The van der Waals surface area contributed by atoms with Gasteiger partial charge in [0.1, 0.15) is 22.5 Å². The van der Waals surface area contributed by atoms with E-state index in [1.807, 2.05) is 28.4 Å². The molecule has 2 bridgehead atoms. The normalized spacial score (nSPS) is 25.8. The van der Waals surface area contributed by atoms with E-state index in [0.29, 0.717) is 67.1 Å². The smallest absolute Gasteiger partial charge is 0.272 e. The fourth-order valence-corrected chi connectivity index (χ4v) is 15.0. The number of halogens is 1. The molecular formula is C54H69FN12O3S. The topological polar surface area (TPSA) is 143 Å². The molecule has 1 unspecified atom stereocenters. The molecule has 3 saturated carbocycles. The van der Waals surface area contributed by atoms with Gasteiger partial charge in [0, 0.05) is 101 Å². The lowest BCUT2D eigenvalue weighted by Crippen LogP contribution is -2.68. The molecule has 376 valence electrons. The maximum absolute atomic E-state index is 15.1. The first-order chi connectivity index (χ1) is 34.6. The number of nitrogens with one attached hydrogen (secondary N) is 1. The second-order valence-corrected chi connectivity index (χ2v) is 23.7. The van der Waals surface area contributed by atoms with Crippen molar-refractivity contribution >= 4 is 33.9 Å². The number of aromatic amines is 1. The van der Waals surface area contributed by atoms with Crippen LogP contribution in [0.2, 0.25) is 0 Å². The fraction of sp³-hybridized carbons (Fsp3) is 0.611. The minimum Gasteiger partial charge on any atom is -0.338 e. The molecule has 8 heterocycles. The van der Waals surface area contributed by atoms with Crippen molar-refractivity contribution in [3.05, 3.63) is 103 Å². The van der Waals surface area contributed by atoms with Gasteiger partial charge in [-0.2, -0.15) is 5.10 Å². The Morgan fingerprint density at radius 3 is 2.37 bits per heavy atom. The van der Waals surface area contributed by atoms with Gasteiger partial charge < -0.3 is 24.2 Å². The number of amides is 2. The first-order valence-corrected chi connectivity index (χ1v) is 27.5. The Morgan fingerprint density at radius 2 is 1.56 bits per heavy atom. The van der Waals surface area contributed by atoms with E-state index in [1.165, 1.54) is 117 Å². The predicted octanol–water partition coefficient (Wildman–Crippen LogP) is 5.81. The van der Waals surface area contributed by atoms with Gasteiger partial charge in [-0.05, 0) is 119 Å². The largest absolute Gasteiger partial charge is 0.338 e. The quantitative estimate of drug-likeness (QED) is 0.153. The zero-order chi connectivity index (χ0) is 48.3. The molecule has 1 atom stereocenters. The summed E-state index contributed by atoms with van der Waals surface area (Å²) in [5.74, 6) is 2.25. The van der Waals surface area contributed by atoms with Gasteiger partial charge in [-0.15, -0.1) is 21.5 Å². The average Bonchev–Trinajstić information content (AvgIpc) is 4.05. The van der Waals surface area contributed by atoms with E-state index in [4.69, 9.17) is 10.1 Å². The van der Waals surface area contributed by atoms with Crippen molar-refractivity contribution < 1.29 is 14.0 Å². The van der Waals surface area contributed by atoms with Crippen LogP contribution >= 0.6 is 11.3 Å². The van der Waals surface area contributed by atoms with Crippen LogP contribution in [0.4, 0.5) is 4.39 Å². The maximum atomic E-state index is 15.1. The summed E-state index contributed by atoms with van der Waals surface area (Å²) in [6.07, 6.45) is 14.0. The number of fused-ring (bicyclic) bond motifs is 2. The van der Waals surface area contributed by atoms with Crippen molar-refractivity contribution in [2.75, 3.05) is 91.6 Å². The van der Waals surface area contributed by atoms with Gasteiger partial charge in [-0.3, -0.25) is 24.2 Å². The molecule has 5 aromatic rings. The summed E-state index contributed by atoms with van der Waals surface area (Å²) in [4.78, 5) is 60.0. The number of aryl methyl sites for hydroxylation is 2. The van der Waals surface area contributed by atoms with E-state index in [2.05, 4.69) is 46.4 Å². The van der Waals surface area contributed by atoms with Crippen molar-refractivity contribution in [1.82, 2.24) is 59.3 Å². The average molecular weight is 985 g/mol. The standard InChI is InChI=1S/C54H69FN12O3S/c1-37-49(56-47(71-37)31-66-16-7-10-45(66)50-59-58-46-11-3-2-6-17-67(46)50)54-33-53(34-54,35-54)36-63-18-14-38(15-19-63)30-61-20-22-62(23-21-61)32-48(68)64-24-26-65(27-25-64)52(70)42-28-39(12-13-43(42)55)29-44-40-8-4-5-9-41(40)51(69)60-57-44/h4-5,8-9,12-13,28,38,45H,2-3,6-7,10-11,14-27,29-36H2,1H3,(H,60,69). The number of piperidine rings is 1. The van der Waals surface area contributed by atoms with Gasteiger partial charge in [-0.25, -0.2) is 14.5 Å². The highest BCUT2D eigenvalue weighted by atomic mass is 32.1. The molecule has 0 spiro atoms. The number of aromatic nitrogens is 6. The van der Waals surface area contributed by atoms with Gasteiger partial charge in [0.05, 0.1) is 41.5 Å². The summed E-state index contributed by atoms with van der Waals surface area (Å²) in [7, 11) is 0. The third kappa shape index (κ3) is 9.38. The van der Waals surface area contributed by atoms with Crippen molar-refractivity contribution in [2.45, 2.75) is 109 Å². The number of carbonyl (C=O) groups is 2. The van der Waals surface area contributed by atoms with Crippen LogP contribution in [0, 0.1) is 24.1 Å². The Morgan fingerprint density at radius 1 is 0.803 bits per heavy atom. The van der Waals surface area contributed by atoms with E-state index in [0.717, 1.165) is 75.6 Å². The van der Waals surface area contributed by atoms with E-state index in [1.54, 1.807) is 29.2 Å². The summed E-state index contributed by atoms with van der Waals surface area (Å²) in [6.45, 7) is 15.9. The zero-order valence-corrected chi connectivity index (χ0v) is 42.2. The molecule has 5 aliphatic heterocycles. The molecule has 2 aromatic carbocycles. The molecule has 3 aliphatic carbocycles. The highest BCUT2D eigenvalue weighted by Gasteiger charge is 2.69. The monoisotopic (exact) mass is 985 g/mol. The number of carbonyl (C=O) groups excluding carboxylic acids is 2. The van der Waals surface area contributed by atoms with E-state index in [9.17, 15) is 14.4 Å². The van der Waals surface area contributed by atoms with Crippen molar-refractivity contribution in [2.24, 2.45) is 11.3 Å². The minimum absolute atomic E-state index is 0.00823. The van der Waals surface area contributed by atoms with Gasteiger partial charge in [0.15, 0.2) is 0 Å². The van der Waals surface area contributed by atoms with E-state index >= 15 is 4.39 Å². The minimum atomic E-state index is -0.578. The molecule has 7 fully saturated rings. The summed E-state index contributed by atoms with van der Waals surface area (Å²) < 4.78 is 17.6. The third-order valence-electron chi connectivity index (χ3n) is 17.6. The van der Waals surface area contributed by atoms with Crippen molar-refractivity contribution in [1.29, 1.82) is 0 Å². The molecule has 13 rings (SSSR count). The Bertz CT molecular complexity index is 2820. The van der Waals surface area contributed by atoms with Crippen molar-refractivity contribution in [3.63, 3.8) is 0 Å². The number of rotatable bonds is 13. The zero-order valence-electron chi connectivity index (χ0n) is 41.4. The summed E-state index contributed by atoms with van der Waals surface area (Å²) >= 11 is 1.94. The predicted molar refractivity (Wildman–Crippen MR) is 271 cm³/mol. The second-order valence-electron chi connectivity index (χ2n) is 22.4. The lowest BCUT2D eigenvalue weighted by Gasteiger charge is -2.71. The first-order valence-electron chi connectivity index (χ1n) is 26.7. The van der Waals surface area contributed by atoms with Gasteiger partial charge in [0.25, 0.3) is 11.5 Å². The number of nitrogens with zero attached hydrogens (tertiary/aromatic N) is 11. The molecule has 17 heteroatoms. The van der Waals surface area contributed by atoms with Crippen LogP contribution in [0.1, 0.15) is 119 Å². The van der Waals surface area contributed by atoms with Crippen LogP contribution in [-0.4, -0.2) is 163 Å². The number of H-pyrrole nitrogens is 1. The molecule has 1 N–H and O–H groups in total. The van der Waals surface area contributed by atoms with Crippen LogP contribution < -0.4 is 5.56 Å². The summed E-state index contributed by atoms with van der Waals surface area (Å²) in [6, 6.07) is 12.2. The lowest BCUT2D eigenvalue weighted by atomic mass is 9.34. The molecule has 71 heavy (non-hydrogen) atoms. The number of thiazole rings is 1. The summed E-state index contributed by atoms with van der Waals surface area (Å²) in [5, 5.41) is 18.7. The fourth-order valence-electron chi connectivity index (χ4n) is 13.9. The van der Waals surface area contributed by atoms with E-state index < -0.39 is 5.82 Å². The first kappa shape index (κ1) is 47.1. The highest BCUT2D eigenvalue weighted by Crippen LogP contribution is 2.74. The molecule has 0 radical (unpaired) electrons. The maximum Gasteiger partial charge on any atom is 0.272 e. The number of hydrogen-bond acceptors (Lipinski definition) is 12. The highest BCUT2D eigenvalue weighted by molar-refractivity contribution is 7.11.